The normalized spacial score (nSPS) is 11.5. The maximum Gasteiger partial charge on any atom is 0.263 e. The number of phenolic OH excluding ortho intramolecular Hbond substituents is 1. The fourth-order valence-electron chi connectivity index (χ4n) is 4.03. The number of methoxy groups -OCH3 is 1. The number of nitrogens with one attached hydrogen (secondary N) is 1. The fraction of sp³-hybridized carbons (Fsp3) is 0.115. The van der Waals surface area contributed by atoms with Gasteiger partial charge in [-0.2, -0.15) is 0 Å². The van der Waals surface area contributed by atoms with E-state index in [4.69, 9.17) is 4.74 Å². The van der Waals surface area contributed by atoms with E-state index in [1.165, 1.54) is 19.4 Å². The molecule has 0 saturated carbocycles. The lowest BCUT2D eigenvalue weighted by atomic mass is 10.1. The summed E-state index contributed by atoms with van der Waals surface area (Å²) in [5.41, 5.74) is 2.96. The predicted molar refractivity (Wildman–Crippen MR) is 140 cm³/mol. The predicted octanol–water partition coefficient (Wildman–Crippen LogP) is 4.43. The smallest absolute Gasteiger partial charge is 0.263 e. The molecule has 5 aromatic rings. The highest BCUT2D eigenvalue weighted by atomic mass is 32.2. The largest absolute Gasteiger partial charge is 0.504 e. The molecule has 0 radical (unpaired) electrons. The molecule has 0 unspecified atom stereocenters. The van der Waals surface area contributed by atoms with Gasteiger partial charge in [0.25, 0.3) is 10.0 Å². The molecule has 0 fully saturated rings. The van der Waals surface area contributed by atoms with Gasteiger partial charge >= 0.3 is 0 Å². The number of anilines is 2. The molecule has 5 rings (SSSR count). The molecule has 0 atom stereocenters. The van der Waals surface area contributed by atoms with Gasteiger partial charge < -0.3 is 14.7 Å². The van der Waals surface area contributed by atoms with Crippen molar-refractivity contribution in [2.45, 2.75) is 4.90 Å². The Morgan fingerprint density at radius 1 is 0.944 bits per heavy atom. The number of rotatable bonds is 6. The quantitative estimate of drug-likeness (QED) is 0.351. The van der Waals surface area contributed by atoms with Crippen LogP contribution in [0, 0.1) is 0 Å². The number of benzene rings is 3. The molecular weight excluding hydrogens is 478 g/mol. The van der Waals surface area contributed by atoms with Crippen molar-refractivity contribution in [1.82, 2.24) is 15.0 Å². The van der Waals surface area contributed by atoms with Gasteiger partial charge in [0.15, 0.2) is 23.0 Å². The maximum atomic E-state index is 13.4. The van der Waals surface area contributed by atoms with Gasteiger partial charge in [0.2, 0.25) is 0 Å². The van der Waals surface area contributed by atoms with Crippen LogP contribution in [0.25, 0.3) is 33.2 Å². The zero-order chi connectivity index (χ0) is 25.4. The monoisotopic (exact) mass is 501 g/mol. The van der Waals surface area contributed by atoms with Gasteiger partial charge in [-0.1, -0.05) is 24.3 Å². The van der Waals surface area contributed by atoms with Crippen LogP contribution in [-0.4, -0.2) is 49.7 Å². The van der Waals surface area contributed by atoms with E-state index in [1.807, 2.05) is 37.2 Å². The third kappa shape index (κ3) is 4.22. The lowest BCUT2D eigenvalue weighted by Crippen LogP contribution is -2.15. The van der Waals surface area contributed by atoms with Gasteiger partial charge in [-0.15, -0.1) is 0 Å². The van der Waals surface area contributed by atoms with Crippen LogP contribution in [0.1, 0.15) is 0 Å². The molecule has 0 bridgehead atoms. The molecule has 9 nitrogen and oxygen atoms in total. The number of pyridine rings is 1. The van der Waals surface area contributed by atoms with Crippen molar-refractivity contribution in [3.8, 4) is 22.8 Å². The average Bonchev–Trinajstić information content (AvgIpc) is 2.87. The van der Waals surface area contributed by atoms with E-state index in [2.05, 4.69) is 19.7 Å². The third-order valence-electron chi connectivity index (χ3n) is 5.75. The number of nitrogens with zero attached hydrogens (tertiary/aromatic N) is 4. The Balaban J connectivity index is 1.53. The highest BCUT2D eigenvalue weighted by Gasteiger charge is 2.20. The van der Waals surface area contributed by atoms with Crippen LogP contribution in [0.2, 0.25) is 0 Å². The summed E-state index contributed by atoms with van der Waals surface area (Å²) in [6.45, 7) is 0. The summed E-state index contributed by atoms with van der Waals surface area (Å²) < 4.78 is 34.5. The van der Waals surface area contributed by atoms with Crippen LogP contribution in [0.5, 0.6) is 11.5 Å². The molecule has 182 valence electrons. The van der Waals surface area contributed by atoms with Crippen molar-refractivity contribution in [3.63, 3.8) is 0 Å². The van der Waals surface area contributed by atoms with Crippen LogP contribution in [0.15, 0.2) is 77.8 Å². The van der Waals surface area contributed by atoms with Crippen LogP contribution in [-0.2, 0) is 10.0 Å². The molecule has 0 aliphatic heterocycles. The molecule has 0 spiro atoms. The van der Waals surface area contributed by atoms with Crippen molar-refractivity contribution >= 4 is 43.5 Å². The van der Waals surface area contributed by atoms with Gasteiger partial charge in [0, 0.05) is 36.1 Å². The SMILES string of the molecule is COc1cc(-c2ccc3ncc(NS(=O)(=O)c4cccc5c(N(C)C)cccc45)nc3n2)ccc1O. The fourth-order valence-corrected chi connectivity index (χ4v) is 5.24. The Kier molecular flexibility index (Phi) is 5.81. The van der Waals surface area contributed by atoms with E-state index >= 15 is 0 Å². The van der Waals surface area contributed by atoms with Crippen molar-refractivity contribution in [1.29, 1.82) is 0 Å². The van der Waals surface area contributed by atoms with Crippen molar-refractivity contribution in [2.75, 3.05) is 30.8 Å². The first-order chi connectivity index (χ1) is 17.3. The van der Waals surface area contributed by atoms with Crippen LogP contribution in [0.4, 0.5) is 11.5 Å². The second-order valence-electron chi connectivity index (χ2n) is 8.31. The first-order valence-corrected chi connectivity index (χ1v) is 12.5. The number of aromatic hydroxyl groups is 1. The van der Waals surface area contributed by atoms with Gasteiger partial charge in [0.1, 0.15) is 5.52 Å². The zero-order valence-corrected chi connectivity index (χ0v) is 20.6. The minimum absolute atomic E-state index is 0.0182. The molecule has 0 aliphatic rings. The zero-order valence-electron chi connectivity index (χ0n) is 19.8. The van der Waals surface area contributed by atoms with E-state index in [0.717, 1.165) is 11.1 Å². The second kappa shape index (κ2) is 8.97. The minimum Gasteiger partial charge on any atom is -0.504 e. The van der Waals surface area contributed by atoms with Crippen LogP contribution < -0.4 is 14.4 Å². The number of phenols is 1. The standard InChI is InChI=1S/C26H23N5O4S/c1-31(2)21-8-4-7-18-17(21)6-5-9-24(18)36(33,34)30-25-15-27-20-12-11-19(28-26(20)29-25)16-10-13-22(32)23(14-16)35-3/h4-15,32H,1-3H3,(H,28,29,30). The van der Waals surface area contributed by atoms with Gasteiger partial charge in [-0.25, -0.2) is 23.4 Å². The number of sulfonamides is 1. The van der Waals surface area contributed by atoms with Gasteiger partial charge in [-0.3, -0.25) is 4.72 Å². The highest BCUT2D eigenvalue weighted by Crippen LogP contribution is 2.32. The van der Waals surface area contributed by atoms with Gasteiger partial charge in [-0.05, 0) is 42.5 Å². The summed E-state index contributed by atoms with van der Waals surface area (Å²) in [4.78, 5) is 15.3. The Morgan fingerprint density at radius 2 is 1.72 bits per heavy atom. The molecular formula is C26H23N5O4S. The van der Waals surface area contributed by atoms with Crippen molar-refractivity contribution in [2.24, 2.45) is 0 Å². The molecule has 10 heteroatoms. The lowest BCUT2D eigenvalue weighted by Gasteiger charge is -2.17. The Hall–Kier alpha value is -4.44. The molecule has 2 N–H and O–H groups in total. The molecule has 0 saturated heterocycles. The Morgan fingerprint density at radius 3 is 2.50 bits per heavy atom. The number of hydrogen-bond acceptors (Lipinski definition) is 8. The second-order valence-corrected chi connectivity index (χ2v) is 9.96. The summed E-state index contributed by atoms with van der Waals surface area (Å²) in [5, 5.41) is 11.3. The minimum atomic E-state index is -3.97. The van der Waals surface area contributed by atoms with E-state index in [-0.39, 0.29) is 22.1 Å². The lowest BCUT2D eigenvalue weighted by molar-refractivity contribution is 0.373. The van der Waals surface area contributed by atoms with E-state index in [0.29, 0.717) is 27.9 Å². The topological polar surface area (TPSA) is 118 Å². The first-order valence-electron chi connectivity index (χ1n) is 11.0. The number of aromatic nitrogens is 3. The van der Waals surface area contributed by atoms with Crippen LogP contribution >= 0.6 is 0 Å². The summed E-state index contributed by atoms with van der Waals surface area (Å²) >= 11 is 0. The molecule has 2 heterocycles. The number of fused-ring (bicyclic) bond motifs is 2. The summed E-state index contributed by atoms with van der Waals surface area (Å²) in [7, 11) is 1.32. The third-order valence-corrected chi connectivity index (χ3v) is 7.16. The number of ether oxygens (including phenoxy) is 1. The average molecular weight is 502 g/mol. The highest BCUT2D eigenvalue weighted by molar-refractivity contribution is 7.93. The van der Waals surface area contributed by atoms with Crippen molar-refractivity contribution in [3.05, 3.63) is 72.9 Å². The summed E-state index contributed by atoms with van der Waals surface area (Å²) in [6, 6.07) is 19.1. The Labute approximate surface area is 208 Å². The summed E-state index contributed by atoms with van der Waals surface area (Å²) in [6.07, 6.45) is 1.36. The maximum absolute atomic E-state index is 13.4. The van der Waals surface area contributed by atoms with Crippen LogP contribution in [0.3, 0.4) is 0 Å². The molecule has 2 aromatic heterocycles. The van der Waals surface area contributed by atoms with E-state index in [1.54, 1.807) is 42.5 Å². The van der Waals surface area contributed by atoms with E-state index in [9.17, 15) is 13.5 Å². The number of hydrogen-bond donors (Lipinski definition) is 2. The summed E-state index contributed by atoms with van der Waals surface area (Å²) in [5.74, 6) is 0.385. The van der Waals surface area contributed by atoms with E-state index < -0.39 is 10.0 Å². The van der Waals surface area contributed by atoms with Crippen molar-refractivity contribution < 1.29 is 18.3 Å². The first kappa shape index (κ1) is 23.3. The Bertz CT molecular complexity index is 1720. The molecule has 0 aliphatic carbocycles. The molecule has 3 aromatic carbocycles. The molecule has 0 amide bonds. The molecule has 36 heavy (non-hydrogen) atoms. The van der Waals surface area contributed by atoms with Gasteiger partial charge in [0.05, 0.1) is 23.9 Å².